The Morgan fingerprint density at radius 2 is 2.21 bits per heavy atom. The molecule has 14 heavy (non-hydrogen) atoms. The quantitative estimate of drug-likeness (QED) is 0.649. The van der Waals surface area contributed by atoms with E-state index < -0.39 is 15.4 Å². The van der Waals surface area contributed by atoms with Crippen LogP contribution in [-0.4, -0.2) is 42.5 Å². The van der Waals surface area contributed by atoms with Crippen LogP contribution in [0.2, 0.25) is 0 Å². The number of thiophene rings is 1. The molecule has 0 radical (unpaired) electrons. The van der Waals surface area contributed by atoms with Crippen LogP contribution < -0.4 is 0 Å². The van der Waals surface area contributed by atoms with Crippen LogP contribution in [0.1, 0.15) is 30.6 Å². The molecule has 1 N–H and O–H groups in total. The topological polar surface area (TPSA) is 54.4 Å². The van der Waals surface area contributed by atoms with E-state index in [0.29, 0.717) is 12.0 Å². The monoisotopic (exact) mass is 244 g/mol. The second kappa shape index (κ2) is 6.25. The van der Waals surface area contributed by atoms with Crippen molar-refractivity contribution in [3.8, 4) is 0 Å². The van der Waals surface area contributed by atoms with Gasteiger partial charge in [0.05, 0.1) is 0 Å². The summed E-state index contributed by atoms with van der Waals surface area (Å²) in [4.78, 5) is 0. The Morgan fingerprint density at radius 3 is 2.57 bits per heavy atom. The van der Waals surface area contributed by atoms with Crippen molar-refractivity contribution in [3.05, 3.63) is 22.4 Å². The van der Waals surface area contributed by atoms with Crippen LogP contribution in [0, 0.1) is 0 Å². The predicted octanol–water partition coefficient (Wildman–Crippen LogP) is 1.83. The molecule has 76 valence electrons. The first kappa shape index (κ1) is 14.6. The van der Waals surface area contributed by atoms with Gasteiger partial charge < -0.3 is 0 Å². The van der Waals surface area contributed by atoms with E-state index in [0.717, 1.165) is 6.42 Å². The van der Waals surface area contributed by atoms with E-state index in [1.165, 1.54) is 11.3 Å². The van der Waals surface area contributed by atoms with Gasteiger partial charge in [-0.25, -0.2) is 0 Å². The normalized spacial score (nSPS) is 13.3. The second-order valence-corrected chi connectivity index (χ2v) is 5.23. The molecule has 1 heterocycles. The molecule has 0 bridgehead atoms. The van der Waals surface area contributed by atoms with E-state index in [4.69, 9.17) is 4.55 Å². The maximum absolute atomic E-state index is 11.0. The third-order valence-electron chi connectivity index (χ3n) is 1.83. The Kier molecular flexibility index (Phi) is 6.52. The van der Waals surface area contributed by atoms with E-state index in [9.17, 15) is 8.42 Å². The zero-order valence-electron chi connectivity index (χ0n) is 7.30. The van der Waals surface area contributed by atoms with Gasteiger partial charge in [0, 0.05) is 0 Å². The van der Waals surface area contributed by atoms with Crippen molar-refractivity contribution in [1.82, 2.24) is 0 Å². The average molecular weight is 244 g/mol. The summed E-state index contributed by atoms with van der Waals surface area (Å²) in [6, 6.07) is 1.73. The molecule has 0 aliphatic carbocycles. The van der Waals surface area contributed by atoms with Crippen molar-refractivity contribution in [2.45, 2.75) is 25.0 Å². The first-order chi connectivity index (χ1) is 6.05. The summed E-state index contributed by atoms with van der Waals surface area (Å²) in [7, 11) is -3.94. The van der Waals surface area contributed by atoms with E-state index in [1.807, 2.05) is 12.3 Å². The molecule has 3 nitrogen and oxygen atoms in total. The summed E-state index contributed by atoms with van der Waals surface area (Å²) in [5, 5.41) is 2.82. The van der Waals surface area contributed by atoms with Gasteiger partial charge in [-0.3, -0.25) is 4.55 Å². The fourth-order valence-electron chi connectivity index (χ4n) is 1.21. The van der Waals surface area contributed by atoms with Gasteiger partial charge >= 0.3 is 29.6 Å². The van der Waals surface area contributed by atoms with Crippen LogP contribution in [-0.2, 0) is 10.1 Å². The summed E-state index contributed by atoms with van der Waals surface area (Å²) in [5.74, 6) is 0. The van der Waals surface area contributed by atoms with Crippen LogP contribution in [0.25, 0.3) is 0 Å². The fraction of sp³-hybridized carbons (Fsp3) is 0.500. The number of hydrogen-bond donors (Lipinski definition) is 1. The molecular weight excluding hydrogens is 231 g/mol. The Bertz CT molecular complexity index is 345. The molecule has 0 amide bonds. The molecule has 0 aliphatic rings. The molecule has 0 saturated carbocycles. The van der Waals surface area contributed by atoms with Crippen molar-refractivity contribution >= 4 is 51.0 Å². The minimum atomic E-state index is -3.94. The van der Waals surface area contributed by atoms with E-state index in [-0.39, 0.29) is 29.6 Å². The maximum atomic E-state index is 11.0. The van der Waals surface area contributed by atoms with E-state index in [2.05, 4.69) is 0 Å². The molecule has 0 spiro atoms. The van der Waals surface area contributed by atoms with E-state index >= 15 is 0 Å². The predicted molar refractivity (Wildman–Crippen MR) is 60.7 cm³/mol. The van der Waals surface area contributed by atoms with Crippen LogP contribution in [0.3, 0.4) is 0 Å². The van der Waals surface area contributed by atoms with Crippen molar-refractivity contribution in [2.75, 3.05) is 0 Å². The summed E-state index contributed by atoms with van der Waals surface area (Å²) in [5.41, 5.74) is 0.689. The summed E-state index contributed by atoms with van der Waals surface area (Å²) in [6.45, 7) is 1.89. The SMILES string of the molecule is CCCC(c1ccsc1)S(=O)(=O)O.[NaH]. The molecule has 1 aromatic rings. The van der Waals surface area contributed by atoms with Gasteiger partial charge in [-0.15, -0.1) is 0 Å². The van der Waals surface area contributed by atoms with Gasteiger partial charge in [-0.2, -0.15) is 19.8 Å². The molecule has 0 aromatic carbocycles. The minimum absolute atomic E-state index is 0. The number of hydrogen-bond acceptors (Lipinski definition) is 3. The molecule has 1 aromatic heterocycles. The van der Waals surface area contributed by atoms with Gasteiger partial charge in [-0.1, -0.05) is 13.3 Å². The molecule has 0 saturated heterocycles. The molecular formula is C8H13NaO3S2. The molecule has 6 heteroatoms. The fourth-order valence-corrected chi connectivity index (χ4v) is 3.03. The number of rotatable bonds is 4. The van der Waals surface area contributed by atoms with Gasteiger partial charge in [0.2, 0.25) is 0 Å². The third-order valence-corrected chi connectivity index (χ3v) is 3.75. The van der Waals surface area contributed by atoms with Gasteiger partial charge in [-0.05, 0) is 28.8 Å². The molecule has 1 rings (SSSR count). The summed E-state index contributed by atoms with van der Waals surface area (Å²) in [6.07, 6.45) is 1.20. The first-order valence-corrected chi connectivity index (χ1v) is 6.48. The summed E-state index contributed by atoms with van der Waals surface area (Å²) >= 11 is 1.43. The Labute approximate surface area is 111 Å². The van der Waals surface area contributed by atoms with Gasteiger partial charge in [0.25, 0.3) is 10.1 Å². The first-order valence-electron chi connectivity index (χ1n) is 4.04. The van der Waals surface area contributed by atoms with Crippen molar-refractivity contribution < 1.29 is 13.0 Å². The molecule has 1 unspecified atom stereocenters. The zero-order chi connectivity index (χ0) is 9.90. The van der Waals surface area contributed by atoms with E-state index in [1.54, 1.807) is 11.4 Å². The standard InChI is InChI=1S/C8H12O3S2.Na.H/c1-2-3-8(13(9,10)11)7-4-5-12-6-7;;/h4-6,8H,2-3H2,1H3,(H,9,10,11);;. The molecule has 0 fully saturated rings. The second-order valence-electron chi connectivity index (χ2n) is 2.85. The van der Waals surface area contributed by atoms with Crippen LogP contribution in [0.5, 0.6) is 0 Å². The molecule has 0 aliphatic heterocycles. The average Bonchev–Trinajstić information content (AvgIpc) is 2.49. The van der Waals surface area contributed by atoms with Crippen molar-refractivity contribution in [2.24, 2.45) is 0 Å². The van der Waals surface area contributed by atoms with Gasteiger partial charge in [0.15, 0.2) is 0 Å². The Balaban J connectivity index is 0.00000169. The Morgan fingerprint density at radius 1 is 1.57 bits per heavy atom. The van der Waals surface area contributed by atoms with Crippen molar-refractivity contribution in [3.63, 3.8) is 0 Å². The van der Waals surface area contributed by atoms with Gasteiger partial charge in [0.1, 0.15) is 5.25 Å². The zero-order valence-corrected chi connectivity index (χ0v) is 8.94. The summed E-state index contributed by atoms with van der Waals surface area (Å²) < 4.78 is 30.9. The van der Waals surface area contributed by atoms with Crippen LogP contribution in [0.4, 0.5) is 0 Å². The molecule has 1 atom stereocenters. The van der Waals surface area contributed by atoms with Crippen molar-refractivity contribution in [1.29, 1.82) is 0 Å². The Hall–Kier alpha value is 0.610. The third kappa shape index (κ3) is 4.00. The van der Waals surface area contributed by atoms with Crippen LogP contribution in [0.15, 0.2) is 16.8 Å². The van der Waals surface area contributed by atoms with Crippen LogP contribution >= 0.6 is 11.3 Å².